The molecule has 6 heteroatoms. The molecule has 22 heavy (non-hydrogen) atoms. The van der Waals surface area contributed by atoms with Gasteiger partial charge in [-0.1, -0.05) is 25.1 Å². The van der Waals surface area contributed by atoms with E-state index in [1.54, 1.807) is 14.0 Å². The van der Waals surface area contributed by atoms with E-state index in [9.17, 15) is 9.59 Å². The third kappa shape index (κ3) is 3.16. The Hall–Kier alpha value is -1.82. The molecular weight excluding hydrogens is 348 g/mol. The van der Waals surface area contributed by atoms with Gasteiger partial charge in [-0.3, -0.25) is 9.59 Å². The fourth-order valence-corrected chi connectivity index (χ4v) is 2.99. The standard InChI is InChI=1S/C16H19BrN2O3/c1-10(16(21)22)8-18(3)14(20)9-19-11(2)15(17)12-6-4-5-7-13(12)19/h4-7,10H,8-9H2,1-3H3,(H,21,22). The molecule has 118 valence electrons. The third-order valence-corrected chi connectivity index (χ3v) is 4.84. The molecule has 0 spiro atoms. The molecular formula is C16H19BrN2O3. The van der Waals surface area contributed by atoms with Crippen LogP contribution in [-0.4, -0.2) is 40.0 Å². The minimum absolute atomic E-state index is 0.107. The molecule has 1 heterocycles. The zero-order valence-corrected chi connectivity index (χ0v) is 14.4. The summed E-state index contributed by atoms with van der Waals surface area (Å²) in [5, 5.41) is 10.0. The Labute approximate surface area is 137 Å². The van der Waals surface area contributed by atoms with Gasteiger partial charge in [0.2, 0.25) is 5.91 Å². The van der Waals surface area contributed by atoms with Gasteiger partial charge in [-0.25, -0.2) is 0 Å². The number of aromatic nitrogens is 1. The summed E-state index contributed by atoms with van der Waals surface area (Å²) in [4.78, 5) is 24.7. The van der Waals surface area contributed by atoms with Gasteiger partial charge in [0.1, 0.15) is 6.54 Å². The van der Waals surface area contributed by atoms with E-state index >= 15 is 0 Å². The van der Waals surface area contributed by atoms with E-state index in [0.717, 1.165) is 21.1 Å². The lowest BCUT2D eigenvalue weighted by Gasteiger charge is -2.20. The van der Waals surface area contributed by atoms with E-state index in [4.69, 9.17) is 5.11 Å². The molecule has 1 aromatic heterocycles. The summed E-state index contributed by atoms with van der Waals surface area (Å²) >= 11 is 3.56. The van der Waals surface area contributed by atoms with Crippen LogP contribution < -0.4 is 0 Å². The van der Waals surface area contributed by atoms with Crippen LogP contribution in [0, 0.1) is 12.8 Å². The lowest BCUT2D eigenvalue weighted by Crippen LogP contribution is -2.35. The molecule has 0 saturated heterocycles. The summed E-state index contributed by atoms with van der Waals surface area (Å²) in [6.45, 7) is 3.95. The number of amides is 1. The molecule has 1 amide bonds. The molecule has 0 bridgehead atoms. The largest absolute Gasteiger partial charge is 0.481 e. The van der Waals surface area contributed by atoms with Gasteiger partial charge in [0.15, 0.2) is 0 Å². The summed E-state index contributed by atoms with van der Waals surface area (Å²) in [5.74, 6) is -1.59. The molecule has 0 aliphatic heterocycles. The van der Waals surface area contributed by atoms with Gasteiger partial charge in [-0.05, 0) is 28.9 Å². The number of carboxylic acid groups (broad SMARTS) is 1. The van der Waals surface area contributed by atoms with Gasteiger partial charge in [-0.2, -0.15) is 0 Å². The predicted octanol–water partition coefficient (Wildman–Crippen LogP) is 2.89. The number of carbonyl (C=O) groups is 2. The molecule has 0 radical (unpaired) electrons. The number of carboxylic acids is 1. The number of benzene rings is 1. The normalized spacial score (nSPS) is 12.4. The first-order chi connectivity index (χ1) is 10.3. The van der Waals surface area contributed by atoms with Gasteiger partial charge in [-0.15, -0.1) is 0 Å². The average molecular weight is 367 g/mol. The van der Waals surface area contributed by atoms with Crippen molar-refractivity contribution in [2.75, 3.05) is 13.6 Å². The van der Waals surface area contributed by atoms with Crippen LogP contribution in [0.1, 0.15) is 12.6 Å². The molecule has 0 saturated carbocycles. The summed E-state index contributed by atoms with van der Waals surface area (Å²) in [5.41, 5.74) is 1.97. The van der Waals surface area contributed by atoms with E-state index in [-0.39, 0.29) is 19.0 Å². The Morgan fingerprint density at radius 3 is 2.64 bits per heavy atom. The highest BCUT2D eigenvalue weighted by molar-refractivity contribution is 9.10. The quantitative estimate of drug-likeness (QED) is 0.884. The Morgan fingerprint density at radius 1 is 1.36 bits per heavy atom. The molecule has 5 nitrogen and oxygen atoms in total. The number of nitrogens with zero attached hydrogens (tertiary/aromatic N) is 2. The predicted molar refractivity (Wildman–Crippen MR) is 88.8 cm³/mol. The minimum atomic E-state index is -0.898. The molecule has 0 fully saturated rings. The van der Waals surface area contributed by atoms with Crippen LogP contribution in [-0.2, 0) is 16.1 Å². The van der Waals surface area contributed by atoms with E-state index in [1.165, 1.54) is 4.90 Å². The third-order valence-electron chi connectivity index (χ3n) is 3.84. The Balaban J connectivity index is 2.22. The number of hydrogen-bond acceptors (Lipinski definition) is 2. The number of likely N-dealkylation sites (N-methyl/N-ethyl adjacent to an activating group) is 1. The molecule has 0 aliphatic rings. The zero-order chi connectivity index (χ0) is 16.4. The topological polar surface area (TPSA) is 62.5 Å². The molecule has 1 aromatic carbocycles. The summed E-state index contributed by atoms with van der Waals surface area (Å²) < 4.78 is 2.93. The molecule has 2 aromatic rings. The molecule has 1 N–H and O–H groups in total. The highest BCUT2D eigenvalue weighted by Crippen LogP contribution is 2.30. The number of hydrogen-bond donors (Lipinski definition) is 1. The molecule has 1 atom stereocenters. The first-order valence-corrected chi connectivity index (χ1v) is 7.82. The number of para-hydroxylation sites is 1. The van der Waals surface area contributed by atoms with Gasteiger partial charge in [0.05, 0.1) is 5.92 Å². The van der Waals surface area contributed by atoms with Crippen LogP contribution in [0.3, 0.4) is 0 Å². The van der Waals surface area contributed by atoms with Gasteiger partial charge >= 0.3 is 5.97 Å². The molecule has 0 aliphatic carbocycles. The van der Waals surface area contributed by atoms with Gasteiger partial charge in [0.25, 0.3) is 0 Å². The number of fused-ring (bicyclic) bond motifs is 1. The fraction of sp³-hybridized carbons (Fsp3) is 0.375. The van der Waals surface area contributed by atoms with Crippen LogP contribution in [0.15, 0.2) is 28.7 Å². The maximum absolute atomic E-state index is 12.4. The van der Waals surface area contributed by atoms with Crippen molar-refractivity contribution in [1.82, 2.24) is 9.47 Å². The second kappa shape index (κ2) is 6.52. The second-order valence-electron chi connectivity index (χ2n) is 5.52. The number of aliphatic carboxylic acids is 1. The lowest BCUT2D eigenvalue weighted by molar-refractivity contribution is -0.142. The highest BCUT2D eigenvalue weighted by atomic mass is 79.9. The Morgan fingerprint density at radius 2 is 2.00 bits per heavy atom. The lowest BCUT2D eigenvalue weighted by atomic mass is 10.2. The van der Waals surface area contributed by atoms with Crippen LogP contribution in [0.2, 0.25) is 0 Å². The summed E-state index contributed by atoms with van der Waals surface area (Å²) in [6.07, 6.45) is 0. The van der Waals surface area contributed by atoms with Crippen molar-refractivity contribution < 1.29 is 14.7 Å². The number of halogens is 1. The number of rotatable bonds is 5. The van der Waals surface area contributed by atoms with Crippen molar-refractivity contribution in [3.8, 4) is 0 Å². The van der Waals surface area contributed by atoms with Crippen molar-refractivity contribution in [2.45, 2.75) is 20.4 Å². The van der Waals surface area contributed by atoms with E-state index in [0.29, 0.717) is 0 Å². The van der Waals surface area contributed by atoms with Gasteiger partial charge in [0, 0.05) is 34.7 Å². The SMILES string of the molecule is Cc1c(Br)c2ccccc2n1CC(=O)N(C)CC(C)C(=O)O. The van der Waals surface area contributed by atoms with Crippen LogP contribution >= 0.6 is 15.9 Å². The minimum Gasteiger partial charge on any atom is -0.481 e. The first-order valence-electron chi connectivity index (χ1n) is 7.03. The number of carbonyl (C=O) groups excluding carboxylic acids is 1. The maximum atomic E-state index is 12.4. The Kier molecular flexibility index (Phi) is 4.90. The van der Waals surface area contributed by atoms with Crippen molar-refractivity contribution in [1.29, 1.82) is 0 Å². The van der Waals surface area contributed by atoms with E-state index in [2.05, 4.69) is 15.9 Å². The van der Waals surface area contributed by atoms with Gasteiger partial charge < -0.3 is 14.6 Å². The van der Waals surface area contributed by atoms with Crippen molar-refractivity contribution in [3.63, 3.8) is 0 Å². The fourth-order valence-electron chi connectivity index (χ4n) is 2.44. The van der Waals surface area contributed by atoms with Crippen molar-refractivity contribution in [3.05, 3.63) is 34.4 Å². The van der Waals surface area contributed by atoms with Crippen LogP contribution in [0.4, 0.5) is 0 Å². The van der Waals surface area contributed by atoms with E-state index < -0.39 is 11.9 Å². The first kappa shape index (κ1) is 16.5. The average Bonchev–Trinajstić information content (AvgIpc) is 2.72. The second-order valence-corrected chi connectivity index (χ2v) is 6.31. The molecule has 2 rings (SSSR count). The van der Waals surface area contributed by atoms with Crippen molar-refractivity contribution in [2.24, 2.45) is 5.92 Å². The van der Waals surface area contributed by atoms with Crippen LogP contribution in [0.5, 0.6) is 0 Å². The highest BCUT2D eigenvalue weighted by Gasteiger charge is 2.19. The Bertz CT molecular complexity index is 723. The zero-order valence-electron chi connectivity index (χ0n) is 12.8. The summed E-state index contributed by atoms with van der Waals surface area (Å²) in [7, 11) is 1.64. The maximum Gasteiger partial charge on any atom is 0.308 e. The van der Waals surface area contributed by atoms with E-state index in [1.807, 2.05) is 35.8 Å². The van der Waals surface area contributed by atoms with Crippen molar-refractivity contribution >= 4 is 38.7 Å². The van der Waals surface area contributed by atoms with Crippen LogP contribution in [0.25, 0.3) is 10.9 Å². The monoisotopic (exact) mass is 366 g/mol. The smallest absolute Gasteiger partial charge is 0.308 e. The summed E-state index contributed by atoms with van der Waals surface area (Å²) in [6, 6.07) is 7.87. The molecule has 1 unspecified atom stereocenters.